The Hall–Kier alpha value is -2.92. The minimum Gasteiger partial charge on any atom is -0.442 e. The number of rotatable bonds is 3. The fourth-order valence-electron chi connectivity index (χ4n) is 3.60. The van der Waals surface area contributed by atoms with Crippen LogP contribution in [0.4, 0.5) is 0 Å². The molecular formula is C20H15N3OS. The van der Waals surface area contributed by atoms with Gasteiger partial charge in [0.1, 0.15) is 5.69 Å². The van der Waals surface area contributed by atoms with E-state index >= 15 is 0 Å². The van der Waals surface area contributed by atoms with Crippen molar-refractivity contribution in [2.45, 2.75) is 11.8 Å². The fourth-order valence-corrected chi connectivity index (χ4v) is 4.34. The van der Waals surface area contributed by atoms with E-state index in [1.165, 1.54) is 17.5 Å². The molecule has 5 heteroatoms. The lowest BCUT2D eigenvalue weighted by molar-refractivity contribution is 0.569. The fraction of sp³-hybridized carbons (Fsp3) is 0.100. The quantitative estimate of drug-likeness (QED) is 0.586. The summed E-state index contributed by atoms with van der Waals surface area (Å²) in [6, 6.07) is 12.8. The topological polar surface area (TPSA) is 54.7 Å². The van der Waals surface area contributed by atoms with E-state index in [1.54, 1.807) is 17.5 Å². The minimum atomic E-state index is -0.181. The highest BCUT2D eigenvalue weighted by molar-refractivity contribution is 7.08. The van der Waals surface area contributed by atoms with Gasteiger partial charge < -0.3 is 4.42 Å². The molecule has 0 bridgehead atoms. The zero-order chi connectivity index (χ0) is 16.7. The summed E-state index contributed by atoms with van der Waals surface area (Å²) in [6.07, 6.45) is 8.42. The normalized spacial score (nSPS) is 19.0. The van der Waals surface area contributed by atoms with Crippen LogP contribution in [0, 0.1) is 0 Å². The van der Waals surface area contributed by atoms with Crippen LogP contribution in [0.3, 0.4) is 0 Å². The largest absolute Gasteiger partial charge is 0.442 e. The number of aromatic amines is 1. The summed E-state index contributed by atoms with van der Waals surface area (Å²) < 4.78 is 5.43. The second kappa shape index (κ2) is 5.57. The number of H-pyrrole nitrogens is 1. The average molecular weight is 345 g/mol. The smallest absolute Gasteiger partial charge is 0.181 e. The first-order valence-electron chi connectivity index (χ1n) is 8.10. The van der Waals surface area contributed by atoms with Crippen LogP contribution in [-0.4, -0.2) is 15.2 Å². The SMILES string of the molecule is C1=CC(c2ccccc2)(c2ccsc2)Cc2[nH]nc(-c3cnco3)c21. The first-order chi connectivity index (χ1) is 12.4. The zero-order valence-electron chi connectivity index (χ0n) is 13.3. The molecule has 0 aliphatic heterocycles. The molecule has 0 fully saturated rings. The third-order valence-electron chi connectivity index (χ3n) is 4.86. The van der Waals surface area contributed by atoms with E-state index in [0.717, 1.165) is 23.4 Å². The maximum Gasteiger partial charge on any atom is 0.181 e. The van der Waals surface area contributed by atoms with Gasteiger partial charge in [-0.1, -0.05) is 42.5 Å². The summed E-state index contributed by atoms with van der Waals surface area (Å²) in [4.78, 5) is 4.00. The number of allylic oxidation sites excluding steroid dienone is 1. The van der Waals surface area contributed by atoms with Crippen LogP contribution in [0.25, 0.3) is 17.5 Å². The van der Waals surface area contributed by atoms with Crippen LogP contribution in [0.5, 0.6) is 0 Å². The van der Waals surface area contributed by atoms with Crippen molar-refractivity contribution >= 4 is 17.4 Å². The van der Waals surface area contributed by atoms with Gasteiger partial charge in [0.2, 0.25) is 0 Å². The lowest BCUT2D eigenvalue weighted by Crippen LogP contribution is -2.30. The van der Waals surface area contributed by atoms with Crippen LogP contribution in [-0.2, 0) is 11.8 Å². The summed E-state index contributed by atoms with van der Waals surface area (Å²) in [5.41, 5.74) is 5.42. The number of benzene rings is 1. The number of thiophene rings is 1. The van der Waals surface area contributed by atoms with Crippen molar-refractivity contribution in [1.29, 1.82) is 0 Å². The molecule has 1 aromatic carbocycles. The molecule has 3 heterocycles. The van der Waals surface area contributed by atoms with Crippen molar-refractivity contribution < 1.29 is 4.42 Å². The standard InChI is InChI=1S/C20H15N3OS/c1-2-4-14(5-3-1)20(15-7-9-25-12-15)8-6-16-17(10-20)22-23-19(16)18-11-21-13-24-18/h1-9,11-13H,10H2,(H,22,23). The number of oxazole rings is 1. The van der Waals surface area contributed by atoms with E-state index < -0.39 is 0 Å². The molecule has 1 atom stereocenters. The highest BCUT2D eigenvalue weighted by atomic mass is 32.1. The molecule has 0 saturated heterocycles. The molecule has 1 unspecified atom stereocenters. The molecular weight excluding hydrogens is 330 g/mol. The highest BCUT2D eigenvalue weighted by Gasteiger charge is 2.37. The number of hydrogen-bond donors (Lipinski definition) is 1. The van der Waals surface area contributed by atoms with E-state index in [1.807, 2.05) is 0 Å². The van der Waals surface area contributed by atoms with E-state index in [9.17, 15) is 0 Å². The van der Waals surface area contributed by atoms with Crippen LogP contribution in [0.2, 0.25) is 0 Å². The lowest BCUT2D eigenvalue weighted by Gasteiger charge is -2.33. The molecule has 1 N–H and O–H groups in total. The van der Waals surface area contributed by atoms with Crippen LogP contribution < -0.4 is 0 Å². The van der Waals surface area contributed by atoms with Gasteiger partial charge in [0, 0.05) is 23.1 Å². The molecule has 0 saturated carbocycles. The van der Waals surface area contributed by atoms with Crippen molar-refractivity contribution in [3.8, 4) is 11.5 Å². The lowest BCUT2D eigenvalue weighted by atomic mass is 9.69. The molecule has 4 nitrogen and oxygen atoms in total. The van der Waals surface area contributed by atoms with Crippen molar-refractivity contribution in [2.75, 3.05) is 0 Å². The first kappa shape index (κ1) is 14.4. The Kier molecular flexibility index (Phi) is 3.21. The van der Waals surface area contributed by atoms with Crippen LogP contribution in [0.15, 0.2) is 70.2 Å². The Balaban J connectivity index is 1.66. The Morgan fingerprint density at radius 2 is 2.04 bits per heavy atom. The number of hydrogen-bond acceptors (Lipinski definition) is 4. The van der Waals surface area contributed by atoms with Gasteiger partial charge in [-0.2, -0.15) is 16.4 Å². The van der Waals surface area contributed by atoms with E-state index in [0.29, 0.717) is 5.76 Å². The highest BCUT2D eigenvalue weighted by Crippen LogP contribution is 2.43. The molecule has 0 amide bonds. The molecule has 122 valence electrons. The van der Waals surface area contributed by atoms with E-state index in [4.69, 9.17) is 4.42 Å². The van der Waals surface area contributed by atoms with Crippen LogP contribution >= 0.6 is 11.3 Å². The summed E-state index contributed by atoms with van der Waals surface area (Å²) in [7, 11) is 0. The number of nitrogens with zero attached hydrogens (tertiary/aromatic N) is 2. The summed E-state index contributed by atoms with van der Waals surface area (Å²) in [6.45, 7) is 0. The number of aromatic nitrogens is 3. The Bertz CT molecular complexity index is 1020. The Morgan fingerprint density at radius 1 is 1.12 bits per heavy atom. The van der Waals surface area contributed by atoms with E-state index in [-0.39, 0.29) is 5.41 Å². The van der Waals surface area contributed by atoms with Gasteiger partial charge >= 0.3 is 0 Å². The Morgan fingerprint density at radius 3 is 2.80 bits per heavy atom. The molecule has 3 aromatic heterocycles. The predicted molar refractivity (Wildman–Crippen MR) is 98.4 cm³/mol. The first-order valence-corrected chi connectivity index (χ1v) is 9.05. The van der Waals surface area contributed by atoms with Crippen molar-refractivity contribution in [3.05, 3.63) is 88.2 Å². The number of nitrogens with one attached hydrogen (secondary N) is 1. The van der Waals surface area contributed by atoms with Crippen molar-refractivity contribution in [1.82, 2.24) is 15.2 Å². The third-order valence-corrected chi connectivity index (χ3v) is 5.55. The molecule has 0 radical (unpaired) electrons. The van der Waals surface area contributed by atoms with Gasteiger partial charge in [0.05, 0.1) is 6.20 Å². The molecule has 0 spiro atoms. The molecule has 25 heavy (non-hydrogen) atoms. The maximum absolute atomic E-state index is 5.43. The molecule has 1 aliphatic carbocycles. The monoisotopic (exact) mass is 345 g/mol. The van der Waals surface area contributed by atoms with Crippen molar-refractivity contribution in [2.24, 2.45) is 0 Å². The summed E-state index contributed by atoms with van der Waals surface area (Å²) in [5, 5.41) is 12.1. The third kappa shape index (κ3) is 2.20. The molecule has 4 aromatic rings. The van der Waals surface area contributed by atoms with Gasteiger partial charge in [0.15, 0.2) is 12.2 Å². The molecule has 5 rings (SSSR count). The minimum absolute atomic E-state index is 0.181. The van der Waals surface area contributed by atoms with Gasteiger partial charge in [0.25, 0.3) is 0 Å². The average Bonchev–Trinajstić information content (AvgIpc) is 3.42. The summed E-state index contributed by atoms with van der Waals surface area (Å²) >= 11 is 1.73. The Labute approximate surface area is 148 Å². The number of fused-ring (bicyclic) bond motifs is 1. The van der Waals surface area contributed by atoms with Gasteiger partial charge in [-0.05, 0) is 28.0 Å². The van der Waals surface area contributed by atoms with Crippen LogP contribution in [0.1, 0.15) is 22.4 Å². The maximum atomic E-state index is 5.43. The van der Waals surface area contributed by atoms with Gasteiger partial charge in [-0.3, -0.25) is 5.10 Å². The predicted octanol–water partition coefficient (Wildman–Crippen LogP) is 4.68. The molecule has 1 aliphatic rings. The van der Waals surface area contributed by atoms with Crippen molar-refractivity contribution in [3.63, 3.8) is 0 Å². The van der Waals surface area contributed by atoms with Gasteiger partial charge in [-0.15, -0.1) is 0 Å². The zero-order valence-corrected chi connectivity index (χ0v) is 14.2. The van der Waals surface area contributed by atoms with Gasteiger partial charge in [-0.25, -0.2) is 4.98 Å². The van der Waals surface area contributed by atoms with E-state index in [2.05, 4.69) is 74.5 Å². The second-order valence-corrected chi connectivity index (χ2v) is 6.97. The summed E-state index contributed by atoms with van der Waals surface area (Å²) in [5.74, 6) is 0.685. The second-order valence-electron chi connectivity index (χ2n) is 6.19.